The molecule has 0 spiro atoms. The van der Waals surface area contributed by atoms with Crippen molar-refractivity contribution >= 4 is 11.4 Å². The Bertz CT molecular complexity index is 468. The maximum absolute atomic E-state index is 8.15. The molecule has 1 aliphatic rings. The molecule has 0 heterocycles. The van der Waals surface area contributed by atoms with Gasteiger partial charge in [0.2, 0.25) is 0 Å². The summed E-state index contributed by atoms with van der Waals surface area (Å²) in [4.78, 5) is 0. The van der Waals surface area contributed by atoms with Gasteiger partial charge in [-0.1, -0.05) is 30.9 Å². The van der Waals surface area contributed by atoms with Gasteiger partial charge in [-0.25, -0.2) is 0 Å². The van der Waals surface area contributed by atoms with E-state index < -0.39 is 0 Å². The summed E-state index contributed by atoms with van der Waals surface area (Å²) in [6.45, 7) is 5.90. The summed E-state index contributed by atoms with van der Waals surface area (Å²) in [6.07, 6.45) is 6.19. The molecule has 0 saturated heterocycles. The second-order valence-corrected chi connectivity index (χ2v) is 4.38. The summed E-state index contributed by atoms with van der Waals surface area (Å²) in [5, 5.41) is 11.4. The van der Waals surface area contributed by atoms with Crippen LogP contribution in [-0.2, 0) is 0 Å². The third kappa shape index (κ3) is 2.84. The Kier molecular flexibility index (Phi) is 3.43. The Labute approximate surface area is 103 Å². The van der Waals surface area contributed by atoms with Crippen LogP contribution in [0, 0.1) is 11.3 Å². The minimum atomic E-state index is 0.466. The highest BCUT2D eigenvalue weighted by Crippen LogP contribution is 2.34. The van der Waals surface area contributed by atoms with E-state index in [9.17, 15) is 0 Å². The van der Waals surface area contributed by atoms with Crippen molar-refractivity contribution < 1.29 is 0 Å². The number of rotatable bonds is 5. The molecular formula is C15H18N2. The zero-order chi connectivity index (χ0) is 12.3. The predicted octanol–water partition coefficient (Wildman–Crippen LogP) is 3.97. The molecule has 88 valence electrons. The lowest BCUT2D eigenvalue weighted by molar-refractivity contribution is 1.16. The van der Waals surface area contributed by atoms with Crippen molar-refractivity contribution in [1.29, 1.82) is 5.41 Å². The molecule has 2 nitrogen and oxygen atoms in total. The minimum absolute atomic E-state index is 0.466. The molecule has 1 saturated carbocycles. The Balaban J connectivity index is 2.21. The SMILES string of the molecule is C=C(/C=C/C)Nc1ccccc1C(=N)C1CC1. The van der Waals surface area contributed by atoms with Crippen LogP contribution in [0.25, 0.3) is 0 Å². The summed E-state index contributed by atoms with van der Waals surface area (Å²) in [5.74, 6) is 0.466. The molecule has 1 aliphatic carbocycles. The van der Waals surface area contributed by atoms with Gasteiger partial charge < -0.3 is 10.7 Å². The standard InChI is InChI=1S/C15H18N2/c1-3-6-11(2)17-14-8-5-4-7-13(14)15(16)12-9-10-12/h3-8,12,16-17H,2,9-10H2,1H3/b6-3+,16-15?. The monoisotopic (exact) mass is 226 g/mol. The summed E-state index contributed by atoms with van der Waals surface area (Å²) in [5.41, 5.74) is 3.58. The smallest absolute Gasteiger partial charge is 0.0475 e. The normalized spacial score (nSPS) is 14.9. The Hall–Kier alpha value is -1.83. The number of anilines is 1. The molecule has 0 unspecified atom stereocenters. The van der Waals surface area contributed by atoms with Crippen molar-refractivity contribution in [1.82, 2.24) is 0 Å². The molecule has 0 radical (unpaired) electrons. The first kappa shape index (κ1) is 11.6. The van der Waals surface area contributed by atoms with E-state index in [0.29, 0.717) is 5.92 Å². The van der Waals surface area contributed by atoms with Gasteiger partial charge in [0.15, 0.2) is 0 Å². The summed E-state index contributed by atoms with van der Waals surface area (Å²) < 4.78 is 0. The summed E-state index contributed by atoms with van der Waals surface area (Å²) >= 11 is 0. The Morgan fingerprint density at radius 3 is 2.76 bits per heavy atom. The van der Waals surface area contributed by atoms with Crippen molar-refractivity contribution in [3.63, 3.8) is 0 Å². The Morgan fingerprint density at radius 1 is 1.41 bits per heavy atom. The average molecular weight is 226 g/mol. The van der Waals surface area contributed by atoms with Gasteiger partial charge in [0.1, 0.15) is 0 Å². The van der Waals surface area contributed by atoms with E-state index >= 15 is 0 Å². The van der Waals surface area contributed by atoms with Gasteiger partial charge in [-0.2, -0.15) is 0 Å². The predicted molar refractivity (Wildman–Crippen MR) is 73.6 cm³/mol. The second-order valence-electron chi connectivity index (χ2n) is 4.38. The average Bonchev–Trinajstić information content (AvgIpc) is 3.13. The van der Waals surface area contributed by atoms with Crippen LogP contribution in [0.1, 0.15) is 25.3 Å². The molecule has 1 aromatic rings. The quantitative estimate of drug-likeness (QED) is 0.578. The van der Waals surface area contributed by atoms with Crippen LogP contribution in [0.5, 0.6) is 0 Å². The van der Waals surface area contributed by atoms with Crippen molar-refractivity contribution in [2.75, 3.05) is 5.32 Å². The first-order chi connectivity index (χ1) is 8.22. The zero-order valence-electron chi connectivity index (χ0n) is 10.2. The molecule has 0 aromatic heterocycles. The lowest BCUT2D eigenvalue weighted by atomic mass is 10.0. The van der Waals surface area contributed by atoms with Crippen molar-refractivity contribution in [3.8, 4) is 0 Å². The number of benzene rings is 1. The maximum atomic E-state index is 8.15. The zero-order valence-corrected chi connectivity index (χ0v) is 10.2. The Morgan fingerprint density at radius 2 is 2.12 bits per heavy atom. The van der Waals surface area contributed by atoms with Gasteiger partial charge in [-0.15, -0.1) is 0 Å². The highest BCUT2D eigenvalue weighted by atomic mass is 14.9. The number of hydrogen-bond acceptors (Lipinski definition) is 2. The summed E-state index contributed by atoms with van der Waals surface area (Å²) in [6, 6.07) is 7.97. The summed E-state index contributed by atoms with van der Waals surface area (Å²) in [7, 11) is 0. The van der Waals surface area contributed by atoms with Crippen molar-refractivity contribution in [3.05, 3.63) is 54.3 Å². The van der Waals surface area contributed by atoms with Crippen LogP contribution in [0.15, 0.2) is 48.7 Å². The number of nitrogens with one attached hydrogen (secondary N) is 2. The topological polar surface area (TPSA) is 35.9 Å². The number of hydrogen-bond donors (Lipinski definition) is 2. The molecule has 2 heteroatoms. The van der Waals surface area contributed by atoms with Gasteiger partial charge in [0.05, 0.1) is 0 Å². The third-order valence-electron chi connectivity index (χ3n) is 2.87. The lowest BCUT2D eigenvalue weighted by Gasteiger charge is -2.12. The van der Waals surface area contributed by atoms with Gasteiger partial charge in [0, 0.05) is 28.6 Å². The van der Waals surface area contributed by atoms with Gasteiger partial charge in [-0.3, -0.25) is 0 Å². The van der Waals surface area contributed by atoms with Crippen LogP contribution in [0.4, 0.5) is 5.69 Å². The van der Waals surface area contributed by atoms with Crippen LogP contribution in [0.2, 0.25) is 0 Å². The van der Waals surface area contributed by atoms with E-state index in [2.05, 4.69) is 11.9 Å². The van der Waals surface area contributed by atoms with E-state index in [4.69, 9.17) is 5.41 Å². The molecule has 2 rings (SSSR count). The first-order valence-corrected chi connectivity index (χ1v) is 5.99. The molecule has 0 amide bonds. The highest BCUT2D eigenvalue weighted by molar-refractivity contribution is 6.05. The second kappa shape index (κ2) is 5.00. The van der Waals surface area contributed by atoms with E-state index in [1.165, 1.54) is 0 Å². The van der Waals surface area contributed by atoms with Gasteiger partial charge >= 0.3 is 0 Å². The van der Waals surface area contributed by atoms with Crippen molar-refractivity contribution in [2.45, 2.75) is 19.8 Å². The molecule has 2 N–H and O–H groups in total. The van der Waals surface area contributed by atoms with E-state index in [1.807, 2.05) is 43.3 Å². The lowest BCUT2D eigenvalue weighted by Crippen LogP contribution is -2.07. The van der Waals surface area contributed by atoms with E-state index in [1.54, 1.807) is 0 Å². The number of allylic oxidation sites excluding steroid dienone is 2. The third-order valence-corrected chi connectivity index (χ3v) is 2.87. The fourth-order valence-electron chi connectivity index (χ4n) is 1.83. The fourth-order valence-corrected chi connectivity index (χ4v) is 1.83. The van der Waals surface area contributed by atoms with E-state index in [0.717, 1.165) is 35.5 Å². The molecule has 0 atom stereocenters. The fraction of sp³-hybridized carbons (Fsp3) is 0.267. The number of para-hydroxylation sites is 1. The minimum Gasteiger partial charge on any atom is -0.355 e. The van der Waals surface area contributed by atoms with Gasteiger partial charge in [0.25, 0.3) is 0 Å². The first-order valence-electron chi connectivity index (χ1n) is 5.99. The van der Waals surface area contributed by atoms with E-state index in [-0.39, 0.29) is 0 Å². The van der Waals surface area contributed by atoms with Crippen LogP contribution >= 0.6 is 0 Å². The van der Waals surface area contributed by atoms with Crippen molar-refractivity contribution in [2.24, 2.45) is 5.92 Å². The highest BCUT2D eigenvalue weighted by Gasteiger charge is 2.28. The largest absolute Gasteiger partial charge is 0.355 e. The van der Waals surface area contributed by atoms with Crippen LogP contribution < -0.4 is 5.32 Å². The molecule has 17 heavy (non-hydrogen) atoms. The van der Waals surface area contributed by atoms with Crippen LogP contribution in [-0.4, -0.2) is 5.71 Å². The molecule has 0 aliphatic heterocycles. The van der Waals surface area contributed by atoms with Crippen LogP contribution in [0.3, 0.4) is 0 Å². The molecule has 1 fully saturated rings. The molecule has 1 aromatic carbocycles. The molecular weight excluding hydrogens is 208 g/mol. The van der Waals surface area contributed by atoms with Gasteiger partial charge in [-0.05, 0) is 31.9 Å². The maximum Gasteiger partial charge on any atom is 0.0475 e. The molecule has 0 bridgehead atoms.